The molecule has 2 aromatic heterocycles. The molecule has 0 radical (unpaired) electrons. The number of aryl methyl sites for hydroxylation is 1. The van der Waals surface area contributed by atoms with Crippen LogP contribution in [0, 0.1) is 0 Å². The summed E-state index contributed by atoms with van der Waals surface area (Å²) in [5.41, 5.74) is 2.42. The zero-order valence-corrected chi connectivity index (χ0v) is 10.5. The van der Waals surface area contributed by atoms with Crippen LogP contribution in [0.2, 0.25) is 0 Å². The number of ether oxygens (including phenoxy) is 1. The number of carbonyl (C=O) groups excluding carboxylic acids is 1. The topological polar surface area (TPSA) is 65.0 Å². The molecule has 0 spiro atoms. The van der Waals surface area contributed by atoms with E-state index in [0.29, 0.717) is 11.6 Å². The van der Waals surface area contributed by atoms with E-state index in [-0.39, 0.29) is 11.7 Å². The van der Waals surface area contributed by atoms with Crippen molar-refractivity contribution in [3.63, 3.8) is 0 Å². The first kappa shape index (κ1) is 11.8. The third kappa shape index (κ3) is 2.07. The summed E-state index contributed by atoms with van der Waals surface area (Å²) in [6.07, 6.45) is 4.75. The van der Waals surface area contributed by atoms with Crippen LogP contribution < -0.4 is 4.74 Å². The lowest BCUT2D eigenvalue weighted by Gasteiger charge is -2.09. The van der Waals surface area contributed by atoms with E-state index in [1.807, 2.05) is 12.1 Å². The Labute approximate surface area is 110 Å². The Hall–Kier alpha value is -2.30. The Kier molecular flexibility index (Phi) is 2.95. The molecule has 96 valence electrons. The van der Waals surface area contributed by atoms with Crippen LogP contribution in [0.1, 0.15) is 34.1 Å². The Bertz CT molecular complexity index is 628. The zero-order valence-electron chi connectivity index (χ0n) is 10.5. The molecule has 1 aliphatic rings. The summed E-state index contributed by atoms with van der Waals surface area (Å²) >= 11 is 0. The van der Waals surface area contributed by atoms with Crippen LogP contribution in [0.25, 0.3) is 0 Å². The Balaban J connectivity index is 1.93. The van der Waals surface area contributed by atoms with Crippen LogP contribution in [0.5, 0.6) is 5.88 Å². The quantitative estimate of drug-likeness (QED) is 0.782. The first-order valence-electron chi connectivity index (χ1n) is 6.13. The van der Waals surface area contributed by atoms with Crippen molar-refractivity contribution in [2.75, 3.05) is 7.11 Å². The maximum absolute atomic E-state index is 12.5. The molecule has 2 heterocycles. The highest BCUT2D eigenvalue weighted by Gasteiger charge is 2.31. The number of fused-ring (bicyclic) bond motifs is 1. The number of aromatic nitrogens is 3. The van der Waals surface area contributed by atoms with Gasteiger partial charge in [0.2, 0.25) is 5.88 Å². The summed E-state index contributed by atoms with van der Waals surface area (Å²) in [5, 5.41) is 0. The molecule has 0 bridgehead atoms. The molecule has 0 saturated heterocycles. The van der Waals surface area contributed by atoms with Gasteiger partial charge in [-0.2, -0.15) is 0 Å². The molecule has 0 aromatic carbocycles. The number of nitrogens with zero attached hydrogens (tertiary/aromatic N) is 3. The minimum atomic E-state index is -0.198. The van der Waals surface area contributed by atoms with Gasteiger partial charge in [0.1, 0.15) is 12.0 Å². The lowest BCUT2D eigenvalue weighted by atomic mass is 9.98. The summed E-state index contributed by atoms with van der Waals surface area (Å²) in [6.45, 7) is 0. The van der Waals surface area contributed by atoms with Crippen LogP contribution in [0.4, 0.5) is 0 Å². The second kappa shape index (κ2) is 4.76. The van der Waals surface area contributed by atoms with E-state index in [9.17, 15) is 4.79 Å². The molecule has 5 nitrogen and oxygen atoms in total. The number of pyridine rings is 1. The van der Waals surface area contributed by atoms with Crippen molar-refractivity contribution in [3.05, 3.63) is 47.7 Å². The zero-order chi connectivity index (χ0) is 13.2. The fourth-order valence-corrected chi connectivity index (χ4v) is 2.43. The number of hydrogen-bond donors (Lipinski definition) is 0. The summed E-state index contributed by atoms with van der Waals surface area (Å²) in [7, 11) is 1.52. The molecular formula is C14H13N3O2. The number of ketones is 1. The van der Waals surface area contributed by atoms with E-state index in [1.165, 1.54) is 13.4 Å². The minimum absolute atomic E-state index is 0.0156. The van der Waals surface area contributed by atoms with Crippen molar-refractivity contribution in [3.8, 4) is 5.88 Å². The van der Waals surface area contributed by atoms with Crippen LogP contribution in [0.3, 0.4) is 0 Å². The van der Waals surface area contributed by atoms with Crippen LogP contribution >= 0.6 is 0 Å². The van der Waals surface area contributed by atoms with Crippen LogP contribution in [-0.4, -0.2) is 27.8 Å². The summed E-state index contributed by atoms with van der Waals surface area (Å²) in [6, 6.07) is 5.50. The second-order valence-corrected chi connectivity index (χ2v) is 4.45. The summed E-state index contributed by atoms with van der Waals surface area (Å²) < 4.78 is 5.02. The van der Waals surface area contributed by atoms with Crippen molar-refractivity contribution < 1.29 is 9.53 Å². The van der Waals surface area contributed by atoms with Crippen molar-refractivity contribution in [1.82, 2.24) is 15.0 Å². The molecule has 0 aliphatic heterocycles. The predicted molar refractivity (Wildman–Crippen MR) is 68.2 cm³/mol. The lowest BCUT2D eigenvalue weighted by Crippen LogP contribution is -2.13. The van der Waals surface area contributed by atoms with Gasteiger partial charge < -0.3 is 4.74 Å². The standard InChI is InChI=1S/C14H13N3O2/c1-19-12-7-11(16-8-17-12)14(18)10-5-4-9-3-2-6-15-13(9)10/h2-3,6-8,10H,4-5H2,1H3. The molecule has 0 N–H and O–H groups in total. The molecule has 5 heteroatoms. The first-order chi connectivity index (χ1) is 9.29. The van der Waals surface area contributed by atoms with Gasteiger partial charge in [-0.05, 0) is 24.5 Å². The van der Waals surface area contributed by atoms with Gasteiger partial charge in [0.05, 0.1) is 18.7 Å². The molecule has 0 saturated carbocycles. The van der Waals surface area contributed by atoms with E-state index in [4.69, 9.17) is 4.74 Å². The predicted octanol–water partition coefficient (Wildman–Crippen LogP) is 1.79. The number of Topliss-reactive ketones (excluding diaryl/α,β-unsaturated/α-hetero) is 1. The van der Waals surface area contributed by atoms with Gasteiger partial charge in [0.25, 0.3) is 0 Å². The van der Waals surface area contributed by atoms with Gasteiger partial charge >= 0.3 is 0 Å². The number of methoxy groups -OCH3 is 1. The third-order valence-corrected chi connectivity index (χ3v) is 3.38. The largest absolute Gasteiger partial charge is 0.481 e. The second-order valence-electron chi connectivity index (χ2n) is 4.45. The van der Waals surface area contributed by atoms with Gasteiger partial charge in [-0.25, -0.2) is 9.97 Å². The van der Waals surface area contributed by atoms with E-state index in [0.717, 1.165) is 24.1 Å². The van der Waals surface area contributed by atoms with Crippen molar-refractivity contribution in [1.29, 1.82) is 0 Å². The molecule has 1 aliphatic carbocycles. The summed E-state index contributed by atoms with van der Waals surface area (Å²) in [4.78, 5) is 24.8. The fraction of sp³-hybridized carbons (Fsp3) is 0.286. The smallest absolute Gasteiger partial charge is 0.216 e. The fourth-order valence-electron chi connectivity index (χ4n) is 2.43. The number of rotatable bonds is 3. The van der Waals surface area contributed by atoms with Gasteiger partial charge in [-0.3, -0.25) is 9.78 Å². The minimum Gasteiger partial charge on any atom is -0.481 e. The normalized spacial score (nSPS) is 17.0. The van der Waals surface area contributed by atoms with Gasteiger partial charge in [0, 0.05) is 12.3 Å². The van der Waals surface area contributed by atoms with Crippen molar-refractivity contribution in [2.45, 2.75) is 18.8 Å². The summed E-state index contributed by atoms with van der Waals surface area (Å²) in [5.74, 6) is 0.187. The van der Waals surface area contributed by atoms with Crippen LogP contribution in [-0.2, 0) is 6.42 Å². The van der Waals surface area contributed by atoms with Gasteiger partial charge in [-0.15, -0.1) is 0 Å². The average molecular weight is 255 g/mol. The van der Waals surface area contributed by atoms with E-state index >= 15 is 0 Å². The maximum Gasteiger partial charge on any atom is 0.216 e. The highest BCUT2D eigenvalue weighted by atomic mass is 16.5. The Morgan fingerprint density at radius 2 is 2.26 bits per heavy atom. The van der Waals surface area contributed by atoms with Crippen molar-refractivity contribution in [2.24, 2.45) is 0 Å². The molecule has 2 aromatic rings. The number of carbonyl (C=O) groups is 1. The Morgan fingerprint density at radius 3 is 3.11 bits per heavy atom. The van der Waals surface area contributed by atoms with Gasteiger partial charge in [-0.1, -0.05) is 6.07 Å². The highest BCUT2D eigenvalue weighted by Crippen LogP contribution is 2.33. The molecule has 0 amide bonds. The molecule has 3 rings (SSSR count). The van der Waals surface area contributed by atoms with Crippen LogP contribution in [0.15, 0.2) is 30.7 Å². The maximum atomic E-state index is 12.5. The molecule has 0 fully saturated rings. The molecule has 1 unspecified atom stereocenters. The van der Waals surface area contributed by atoms with E-state index in [2.05, 4.69) is 15.0 Å². The van der Waals surface area contributed by atoms with E-state index in [1.54, 1.807) is 12.3 Å². The first-order valence-corrected chi connectivity index (χ1v) is 6.13. The third-order valence-electron chi connectivity index (χ3n) is 3.38. The van der Waals surface area contributed by atoms with E-state index < -0.39 is 0 Å². The molecule has 19 heavy (non-hydrogen) atoms. The SMILES string of the molecule is COc1cc(C(=O)C2CCc3cccnc32)ncn1. The number of hydrogen-bond acceptors (Lipinski definition) is 5. The average Bonchev–Trinajstić information content (AvgIpc) is 2.90. The molecular weight excluding hydrogens is 242 g/mol. The lowest BCUT2D eigenvalue weighted by molar-refractivity contribution is 0.0952. The monoisotopic (exact) mass is 255 g/mol. The Morgan fingerprint density at radius 1 is 1.37 bits per heavy atom. The van der Waals surface area contributed by atoms with Gasteiger partial charge in [0.15, 0.2) is 5.78 Å². The highest BCUT2D eigenvalue weighted by molar-refractivity contribution is 5.99. The van der Waals surface area contributed by atoms with Crippen molar-refractivity contribution >= 4 is 5.78 Å². The molecule has 1 atom stereocenters.